The molecular formula is C15H17N3O. The number of carbonyl (C=O) groups excluding carboxylic acids is 1. The molecule has 4 heteroatoms. The average molecular weight is 255 g/mol. The third-order valence-electron chi connectivity index (χ3n) is 4.81. The van der Waals surface area contributed by atoms with E-state index >= 15 is 0 Å². The van der Waals surface area contributed by atoms with Crippen molar-refractivity contribution in [1.29, 1.82) is 0 Å². The van der Waals surface area contributed by atoms with E-state index in [1.807, 2.05) is 37.8 Å². The number of allylic oxidation sites excluding steroid dienone is 2. The van der Waals surface area contributed by atoms with E-state index in [-0.39, 0.29) is 22.8 Å². The van der Waals surface area contributed by atoms with Crippen LogP contribution in [0.5, 0.6) is 0 Å². The molecule has 1 aromatic rings. The molecule has 0 aliphatic heterocycles. The van der Waals surface area contributed by atoms with E-state index in [0.29, 0.717) is 0 Å². The van der Waals surface area contributed by atoms with Crippen LogP contribution in [0.25, 0.3) is 4.85 Å². The van der Waals surface area contributed by atoms with E-state index in [9.17, 15) is 4.79 Å². The van der Waals surface area contributed by atoms with Crippen LogP contribution in [0.15, 0.2) is 18.0 Å². The van der Waals surface area contributed by atoms with E-state index in [0.717, 1.165) is 12.1 Å². The molecule has 0 bridgehead atoms. The highest BCUT2D eigenvalue weighted by atomic mass is 16.1. The first-order valence-corrected chi connectivity index (χ1v) is 6.49. The summed E-state index contributed by atoms with van der Waals surface area (Å²) in [5.41, 5.74) is 1.70. The molecule has 19 heavy (non-hydrogen) atoms. The highest BCUT2D eigenvalue weighted by Gasteiger charge is 2.56. The van der Waals surface area contributed by atoms with Gasteiger partial charge in [-0.2, -0.15) is 5.10 Å². The summed E-state index contributed by atoms with van der Waals surface area (Å²) in [4.78, 5) is 15.8. The van der Waals surface area contributed by atoms with Gasteiger partial charge >= 0.3 is 0 Å². The zero-order valence-corrected chi connectivity index (χ0v) is 11.7. The van der Waals surface area contributed by atoms with Crippen LogP contribution in [0.3, 0.4) is 0 Å². The number of rotatable bonds is 0. The fourth-order valence-corrected chi connectivity index (χ4v) is 3.83. The van der Waals surface area contributed by atoms with E-state index < -0.39 is 5.41 Å². The number of nitrogens with zero attached hydrogens (tertiary/aromatic N) is 3. The van der Waals surface area contributed by atoms with E-state index in [1.165, 1.54) is 5.56 Å². The Balaban J connectivity index is 2.26. The lowest BCUT2D eigenvalue weighted by atomic mass is 9.59. The second-order valence-corrected chi connectivity index (χ2v) is 6.41. The van der Waals surface area contributed by atoms with Crippen molar-refractivity contribution in [1.82, 2.24) is 9.78 Å². The summed E-state index contributed by atoms with van der Waals surface area (Å²) < 4.78 is 1.82. The SMILES string of the molecule is [C-]#[N+]C1=C[C@]2(C)c3nn(C)cc3C[C@@H]2C(C)(C)C1=O. The van der Waals surface area contributed by atoms with Crippen LogP contribution in [-0.4, -0.2) is 15.6 Å². The Morgan fingerprint density at radius 1 is 1.47 bits per heavy atom. The van der Waals surface area contributed by atoms with Gasteiger partial charge in [-0.25, -0.2) is 4.85 Å². The highest BCUT2D eigenvalue weighted by molar-refractivity contribution is 6.02. The van der Waals surface area contributed by atoms with Gasteiger partial charge in [-0.05, 0) is 17.9 Å². The van der Waals surface area contributed by atoms with Crippen molar-refractivity contribution in [3.8, 4) is 0 Å². The first-order valence-electron chi connectivity index (χ1n) is 6.49. The predicted octanol–water partition coefficient (Wildman–Crippen LogP) is 2.26. The van der Waals surface area contributed by atoms with Gasteiger partial charge in [0.2, 0.25) is 5.70 Å². The van der Waals surface area contributed by atoms with Crippen LogP contribution in [0, 0.1) is 17.9 Å². The lowest BCUT2D eigenvalue weighted by Gasteiger charge is -2.43. The van der Waals surface area contributed by atoms with Gasteiger partial charge in [-0.1, -0.05) is 26.8 Å². The number of carbonyl (C=O) groups is 1. The van der Waals surface area contributed by atoms with Crippen molar-refractivity contribution in [2.24, 2.45) is 18.4 Å². The number of aryl methyl sites for hydroxylation is 1. The third-order valence-corrected chi connectivity index (χ3v) is 4.81. The number of ketones is 1. The molecular weight excluding hydrogens is 238 g/mol. The second kappa shape index (κ2) is 3.36. The van der Waals surface area contributed by atoms with E-state index in [1.54, 1.807) is 0 Å². The first-order chi connectivity index (χ1) is 8.80. The summed E-state index contributed by atoms with van der Waals surface area (Å²) in [6.07, 6.45) is 4.74. The molecule has 0 amide bonds. The van der Waals surface area contributed by atoms with Crippen molar-refractivity contribution >= 4 is 5.78 Å². The van der Waals surface area contributed by atoms with Gasteiger partial charge in [0.1, 0.15) is 0 Å². The second-order valence-electron chi connectivity index (χ2n) is 6.41. The zero-order valence-electron chi connectivity index (χ0n) is 11.7. The molecule has 0 saturated carbocycles. The maximum atomic E-state index is 12.4. The quantitative estimate of drug-likeness (QED) is 0.667. The maximum Gasteiger partial charge on any atom is 0.226 e. The van der Waals surface area contributed by atoms with Crippen molar-refractivity contribution in [2.45, 2.75) is 32.6 Å². The van der Waals surface area contributed by atoms with Gasteiger partial charge in [0.25, 0.3) is 0 Å². The summed E-state index contributed by atoms with van der Waals surface area (Å²) in [5, 5.41) is 4.56. The molecule has 0 fully saturated rings. The lowest BCUT2D eigenvalue weighted by molar-refractivity contribution is -0.127. The van der Waals surface area contributed by atoms with Crippen LogP contribution in [0.1, 0.15) is 32.0 Å². The molecule has 0 radical (unpaired) electrons. The monoisotopic (exact) mass is 255 g/mol. The standard InChI is InChI=1S/C15H17N3O/c1-14(2)11-6-9-8-18(5)17-12(9)15(11,3)7-10(16-4)13(14)19/h7-8,11H,6H2,1-3,5H3/t11-,15+/m1/s1. The number of fused-ring (bicyclic) bond motifs is 3. The molecule has 0 spiro atoms. The van der Waals surface area contributed by atoms with E-state index in [2.05, 4.69) is 16.9 Å². The summed E-state index contributed by atoms with van der Waals surface area (Å²) in [6, 6.07) is 0. The topological polar surface area (TPSA) is 39.2 Å². The molecule has 1 aromatic heterocycles. The molecule has 98 valence electrons. The van der Waals surface area contributed by atoms with Crippen molar-refractivity contribution in [2.75, 3.05) is 0 Å². The number of Topliss-reactive ketones (excluding diaryl/α,β-unsaturated/α-hetero) is 1. The minimum atomic E-state index is -0.504. The summed E-state index contributed by atoms with van der Waals surface area (Å²) in [7, 11) is 1.91. The molecule has 2 aliphatic rings. The highest BCUT2D eigenvalue weighted by Crippen LogP contribution is 2.55. The Morgan fingerprint density at radius 3 is 2.79 bits per heavy atom. The predicted molar refractivity (Wildman–Crippen MR) is 71.2 cm³/mol. The summed E-state index contributed by atoms with van der Waals surface area (Å²) in [5.74, 6) is 0.163. The Hall–Kier alpha value is -1.89. The third kappa shape index (κ3) is 1.33. The minimum absolute atomic E-state index is 0.0282. The Morgan fingerprint density at radius 2 is 2.16 bits per heavy atom. The first kappa shape index (κ1) is 12.2. The number of hydrogen-bond donors (Lipinski definition) is 0. The minimum Gasteiger partial charge on any atom is -0.307 e. The molecule has 0 aromatic carbocycles. The Bertz CT molecular complexity index is 659. The molecule has 2 atom stereocenters. The summed E-state index contributed by atoms with van der Waals surface area (Å²) in [6.45, 7) is 13.3. The fraction of sp³-hybridized carbons (Fsp3) is 0.533. The largest absolute Gasteiger partial charge is 0.307 e. The van der Waals surface area contributed by atoms with Crippen LogP contribution in [0.2, 0.25) is 0 Å². The van der Waals surface area contributed by atoms with Crippen LogP contribution in [0.4, 0.5) is 0 Å². The van der Waals surface area contributed by atoms with Gasteiger partial charge in [-0.3, -0.25) is 4.68 Å². The van der Waals surface area contributed by atoms with Gasteiger partial charge < -0.3 is 4.79 Å². The normalized spacial score (nSPS) is 31.4. The number of aromatic nitrogens is 2. The fourth-order valence-electron chi connectivity index (χ4n) is 3.83. The van der Waals surface area contributed by atoms with Gasteiger partial charge in [0, 0.05) is 24.1 Å². The van der Waals surface area contributed by atoms with Crippen LogP contribution in [-0.2, 0) is 23.7 Å². The number of hydrogen-bond acceptors (Lipinski definition) is 2. The molecule has 2 aliphatic carbocycles. The Kier molecular flexibility index (Phi) is 2.15. The Labute approximate surface area is 112 Å². The van der Waals surface area contributed by atoms with Crippen molar-refractivity contribution in [3.05, 3.63) is 40.6 Å². The average Bonchev–Trinajstić information content (AvgIpc) is 2.82. The summed E-state index contributed by atoms with van der Waals surface area (Å²) >= 11 is 0. The molecule has 0 saturated heterocycles. The van der Waals surface area contributed by atoms with Gasteiger partial charge in [-0.15, -0.1) is 0 Å². The molecule has 4 nitrogen and oxygen atoms in total. The van der Waals surface area contributed by atoms with Crippen molar-refractivity contribution < 1.29 is 4.79 Å². The molecule has 0 N–H and O–H groups in total. The molecule has 3 rings (SSSR count). The van der Waals surface area contributed by atoms with E-state index in [4.69, 9.17) is 6.57 Å². The van der Waals surface area contributed by atoms with Crippen LogP contribution < -0.4 is 0 Å². The van der Waals surface area contributed by atoms with Gasteiger partial charge in [0.05, 0.1) is 12.3 Å². The zero-order chi connectivity index (χ0) is 14.0. The van der Waals surface area contributed by atoms with Gasteiger partial charge in [0.15, 0.2) is 5.78 Å². The molecule has 0 unspecified atom stereocenters. The molecule has 1 heterocycles. The van der Waals surface area contributed by atoms with Crippen molar-refractivity contribution in [3.63, 3.8) is 0 Å². The maximum absolute atomic E-state index is 12.4. The van der Waals surface area contributed by atoms with Crippen LogP contribution >= 0.6 is 0 Å². The smallest absolute Gasteiger partial charge is 0.226 e. The lowest BCUT2D eigenvalue weighted by Crippen LogP contribution is -2.47.